The molecule has 0 aliphatic carbocycles. The van der Waals surface area contributed by atoms with Crippen LogP contribution in [-0.2, 0) is 42.9 Å². The van der Waals surface area contributed by atoms with Crippen LogP contribution in [0.1, 0.15) is 58.6 Å². The van der Waals surface area contributed by atoms with Crippen LogP contribution in [0.25, 0.3) is 0 Å². The van der Waals surface area contributed by atoms with E-state index in [1.165, 1.54) is 27.7 Å². The molecule has 34 heavy (non-hydrogen) atoms. The summed E-state index contributed by atoms with van der Waals surface area (Å²) in [5.74, 6) is -2.09. The van der Waals surface area contributed by atoms with Crippen LogP contribution in [0.15, 0.2) is 18.2 Å². The van der Waals surface area contributed by atoms with Crippen molar-refractivity contribution >= 4 is 23.9 Å². The van der Waals surface area contributed by atoms with Crippen LogP contribution >= 0.6 is 0 Å². The molecule has 0 unspecified atom stereocenters. The zero-order valence-corrected chi connectivity index (χ0v) is 20.5. The van der Waals surface area contributed by atoms with E-state index >= 15 is 0 Å². The Morgan fingerprint density at radius 1 is 0.853 bits per heavy atom. The second kappa shape index (κ2) is 11.8. The maximum atomic E-state index is 11.9. The van der Waals surface area contributed by atoms with Gasteiger partial charge < -0.3 is 28.4 Å². The molecule has 1 aliphatic heterocycles. The zero-order valence-electron chi connectivity index (χ0n) is 20.5. The summed E-state index contributed by atoms with van der Waals surface area (Å²) in [4.78, 5) is 47.1. The monoisotopic (exact) mass is 480 g/mol. The van der Waals surface area contributed by atoms with Crippen LogP contribution in [-0.4, -0.2) is 61.2 Å². The highest BCUT2D eigenvalue weighted by molar-refractivity contribution is 5.68. The Kier molecular flexibility index (Phi) is 9.43. The molecule has 5 atom stereocenters. The van der Waals surface area contributed by atoms with E-state index in [1.54, 1.807) is 0 Å². The average Bonchev–Trinajstić information content (AvgIpc) is 2.69. The van der Waals surface area contributed by atoms with E-state index in [4.69, 9.17) is 28.4 Å². The fourth-order valence-electron chi connectivity index (χ4n) is 3.63. The Hall–Kier alpha value is -3.14. The molecule has 0 N–H and O–H groups in total. The molecular weight excluding hydrogens is 448 g/mol. The Balaban J connectivity index is 2.54. The maximum absolute atomic E-state index is 11.9. The van der Waals surface area contributed by atoms with Gasteiger partial charge in [-0.1, -0.05) is 26.0 Å². The van der Waals surface area contributed by atoms with Gasteiger partial charge in [0.25, 0.3) is 0 Å². The number of esters is 4. The second-order valence-corrected chi connectivity index (χ2v) is 8.38. The third kappa shape index (κ3) is 7.44. The normalized spacial score (nSPS) is 24.2. The lowest BCUT2D eigenvalue weighted by atomic mass is 9.97. The highest BCUT2D eigenvalue weighted by Crippen LogP contribution is 2.34. The molecule has 0 spiro atoms. The van der Waals surface area contributed by atoms with Gasteiger partial charge in [0.2, 0.25) is 12.4 Å². The number of carbonyl (C=O) groups excluding carboxylic acids is 4. The number of aryl methyl sites for hydroxylation is 1. The predicted molar refractivity (Wildman–Crippen MR) is 118 cm³/mol. The molecule has 0 aromatic heterocycles. The van der Waals surface area contributed by atoms with Crippen LogP contribution < -0.4 is 4.74 Å². The fraction of sp³-hybridized carbons (Fsp3) is 0.583. The van der Waals surface area contributed by atoms with Crippen molar-refractivity contribution in [2.24, 2.45) is 0 Å². The third-order valence-electron chi connectivity index (χ3n) is 4.98. The van der Waals surface area contributed by atoms with Crippen molar-refractivity contribution in [2.45, 2.75) is 85.1 Å². The molecule has 10 nitrogen and oxygen atoms in total. The van der Waals surface area contributed by atoms with Gasteiger partial charge in [-0.2, -0.15) is 0 Å². The Bertz CT molecular complexity index is 909. The molecule has 0 saturated carbocycles. The zero-order chi connectivity index (χ0) is 25.6. The number of benzene rings is 1. The van der Waals surface area contributed by atoms with E-state index in [9.17, 15) is 19.2 Å². The van der Waals surface area contributed by atoms with Crippen molar-refractivity contribution in [3.8, 4) is 5.75 Å². The van der Waals surface area contributed by atoms with Crippen molar-refractivity contribution in [1.82, 2.24) is 0 Å². The Labute approximate surface area is 198 Å². The summed E-state index contributed by atoms with van der Waals surface area (Å²) in [6, 6.07) is 5.67. The van der Waals surface area contributed by atoms with E-state index < -0.39 is 54.6 Å². The van der Waals surface area contributed by atoms with Crippen LogP contribution in [0.2, 0.25) is 0 Å². The minimum atomic E-state index is -1.28. The van der Waals surface area contributed by atoms with E-state index in [-0.39, 0.29) is 12.5 Å². The van der Waals surface area contributed by atoms with Gasteiger partial charge in [0, 0.05) is 27.7 Å². The third-order valence-corrected chi connectivity index (χ3v) is 4.98. The number of carbonyl (C=O) groups is 4. The molecule has 1 saturated heterocycles. The molecule has 188 valence electrons. The average molecular weight is 481 g/mol. The van der Waals surface area contributed by atoms with Gasteiger partial charge in [-0.25, -0.2) is 0 Å². The smallest absolute Gasteiger partial charge is 0.303 e. The molecule has 1 aromatic rings. The summed E-state index contributed by atoms with van der Waals surface area (Å²) < 4.78 is 33.5. The first-order valence-corrected chi connectivity index (χ1v) is 11.0. The standard InChI is InChI=1S/C24H32O10/c1-12(2)18-9-8-13(3)10-19(18)33-24-23(32-17(7)28)22(31-16(6)27)21(30-15(5)26)20(34-24)11-29-14(4)25/h8-10,12,20-24H,11H2,1-7H3/t20-,21+,22+,23-,24-/m0/s1. The second-order valence-electron chi connectivity index (χ2n) is 8.38. The SMILES string of the molecule is CC(=O)OC[C@@H]1O[C@H](Oc2cc(C)ccc2C(C)C)[C@@H](OC(C)=O)[C@H](OC(C)=O)[C@@H]1OC(C)=O. The molecule has 1 aromatic carbocycles. The first-order valence-electron chi connectivity index (χ1n) is 11.0. The van der Waals surface area contributed by atoms with Crippen LogP contribution in [0.5, 0.6) is 5.75 Å². The Morgan fingerprint density at radius 3 is 1.94 bits per heavy atom. The van der Waals surface area contributed by atoms with Crippen LogP contribution in [0.3, 0.4) is 0 Å². The van der Waals surface area contributed by atoms with Gasteiger partial charge in [0.15, 0.2) is 12.2 Å². The van der Waals surface area contributed by atoms with Gasteiger partial charge in [0.1, 0.15) is 18.5 Å². The van der Waals surface area contributed by atoms with E-state index in [0.29, 0.717) is 5.75 Å². The van der Waals surface area contributed by atoms with Gasteiger partial charge in [-0.15, -0.1) is 0 Å². The van der Waals surface area contributed by atoms with Gasteiger partial charge >= 0.3 is 23.9 Å². The number of ether oxygens (including phenoxy) is 6. The first-order chi connectivity index (χ1) is 15.9. The molecule has 0 amide bonds. The fourth-order valence-corrected chi connectivity index (χ4v) is 3.63. The molecule has 1 aliphatic rings. The van der Waals surface area contributed by atoms with Crippen molar-refractivity contribution < 1.29 is 47.6 Å². The lowest BCUT2D eigenvalue weighted by molar-refractivity contribution is -0.288. The molecular formula is C24H32O10. The summed E-state index contributed by atoms with van der Waals surface area (Å²) in [7, 11) is 0. The van der Waals surface area contributed by atoms with Crippen LogP contribution in [0, 0.1) is 6.92 Å². The van der Waals surface area contributed by atoms with Gasteiger partial charge in [-0.05, 0) is 30.0 Å². The number of hydrogen-bond acceptors (Lipinski definition) is 10. The van der Waals surface area contributed by atoms with E-state index in [0.717, 1.165) is 11.1 Å². The van der Waals surface area contributed by atoms with Gasteiger partial charge in [-0.3, -0.25) is 19.2 Å². The molecule has 1 fully saturated rings. The van der Waals surface area contributed by atoms with E-state index in [1.807, 2.05) is 39.0 Å². The quantitative estimate of drug-likeness (QED) is 0.405. The minimum absolute atomic E-state index is 0.0984. The predicted octanol–water partition coefficient (Wildman–Crippen LogP) is 2.58. The molecule has 10 heteroatoms. The topological polar surface area (TPSA) is 124 Å². The van der Waals surface area contributed by atoms with Crippen LogP contribution in [0.4, 0.5) is 0 Å². The Morgan fingerprint density at radius 2 is 1.41 bits per heavy atom. The summed E-state index contributed by atoms with van der Waals surface area (Å²) in [5, 5.41) is 0. The first kappa shape index (κ1) is 27.1. The largest absolute Gasteiger partial charge is 0.463 e. The van der Waals surface area contributed by atoms with Crippen molar-refractivity contribution in [1.29, 1.82) is 0 Å². The summed E-state index contributed by atoms with van der Waals surface area (Å²) in [6.07, 6.45) is -6.12. The highest BCUT2D eigenvalue weighted by atomic mass is 16.7. The lowest BCUT2D eigenvalue weighted by Crippen LogP contribution is -2.63. The molecule has 2 rings (SSSR count). The summed E-state index contributed by atoms with van der Waals surface area (Å²) in [6.45, 7) is 10.3. The summed E-state index contributed by atoms with van der Waals surface area (Å²) in [5.41, 5.74) is 1.79. The minimum Gasteiger partial charge on any atom is -0.463 e. The maximum Gasteiger partial charge on any atom is 0.303 e. The van der Waals surface area contributed by atoms with Crippen molar-refractivity contribution in [3.05, 3.63) is 29.3 Å². The summed E-state index contributed by atoms with van der Waals surface area (Å²) >= 11 is 0. The number of rotatable bonds is 8. The van der Waals surface area contributed by atoms with Crippen molar-refractivity contribution in [3.63, 3.8) is 0 Å². The molecule has 0 radical (unpaired) electrons. The molecule has 1 heterocycles. The lowest BCUT2D eigenvalue weighted by Gasteiger charge is -2.44. The van der Waals surface area contributed by atoms with Crippen molar-refractivity contribution in [2.75, 3.05) is 6.61 Å². The van der Waals surface area contributed by atoms with E-state index in [2.05, 4.69) is 0 Å². The number of hydrogen-bond donors (Lipinski definition) is 0. The van der Waals surface area contributed by atoms with Gasteiger partial charge in [0.05, 0.1) is 0 Å². The molecule has 0 bridgehead atoms. The highest BCUT2D eigenvalue weighted by Gasteiger charge is 2.53.